The van der Waals surface area contributed by atoms with Crippen molar-refractivity contribution < 1.29 is 23.9 Å². The first-order valence-electron chi connectivity index (χ1n) is 8.70. The standard InChI is InChI=1S/C19H21N3O6S/c1-3-27-10-11-28-16-7-5-4-6-14(16)18(23)21-19(29)20-15-12-13(22(24)25)8-9-17(15)26-2/h4-9,12H,3,10-11H2,1-2H3,(H2,20,21,23,29). The van der Waals surface area contributed by atoms with Crippen LogP contribution in [0.5, 0.6) is 11.5 Å². The molecular formula is C19H21N3O6S. The van der Waals surface area contributed by atoms with Crippen molar-refractivity contribution in [1.82, 2.24) is 5.32 Å². The van der Waals surface area contributed by atoms with Crippen molar-refractivity contribution in [2.75, 3.05) is 32.2 Å². The fourth-order valence-electron chi connectivity index (χ4n) is 2.37. The van der Waals surface area contributed by atoms with Crippen LogP contribution >= 0.6 is 12.2 Å². The van der Waals surface area contributed by atoms with E-state index in [1.807, 2.05) is 6.92 Å². The number of benzene rings is 2. The molecule has 0 saturated heterocycles. The highest BCUT2D eigenvalue weighted by atomic mass is 32.1. The quantitative estimate of drug-likeness (QED) is 0.276. The molecule has 9 nitrogen and oxygen atoms in total. The minimum atomic E-state index is -0.540. The van der Waals surface area contributed by atoms with Gasteiger partial charge < -0.3 is 19.5 Å². The molecule has 0 saturated carbocycles. The molecule has 0 bridgehead atoms. The van der Waals surface area contributed by atoms with Crippen molar-refractivity contribution in [3.63, 3.8) is 0 Å². The number of non-ortho nitro benzene ring substituents is 1. The van der Waals surface area contributed by atoms with E-state index in [4.69, 9.17) is 26.4 Å². The summed E-state index contributed by atoms with van der Waals surface area (Å²) in [7, 11) is 1.42. The van der Waals surface area contributed by atoms with Crippen LogP contribution in [0, 0.1) is 10.1 Å². The number of nitrogens with zero attached hydrogens (tertiary/aromatic N) is 1. The van der Waals surface area contributed by atoms with E-state index >= 15 is 0 Å². The van der Waals surface area contributed by atoms with E-state index in [9.17, 15) is 14.9 Å². The van der Waals surface area contributed by atoms with Crippen LogP contribution in [0.2, 0.25) is 0 Å². The van der Waals surface area contributed by atoms with Crippen LogP contribution in [0.3, 0.4) is 0 Å². The molecule has 2 aromatic carbocycles. The Morgan fingerprint density at radius 2 is 1.93 bits per heavy atom. The highest BCUT2D eigenvalue weighted by molar-refractivity contribution is 7.80. The third kappa shape index (κ3) is 6.40. The molecule has 10 heteroatoms. The Bertz CT molecular complexity index is 890. The first-order valence-corrected chi connectivity index (χ1v) is 9.11. The Balaban J connectivity index is 2.07. The van der Waals surface area contributed by atoms with Crippen LogP contribution in [0.15, 0.2) is 42.5 Å². The molecule has 0 heterocycles. The van der Waals surface area contributed by atoms with Gasteiger partial charge in [-0.3, -0.25) is 20.2 Å². The molecule has 0 radical (unpaired) electrons. The number of rotatable bonds is 9. The molecule has 0 unspecified atom stereocenters. The van der Waals surface area contributed by atoms with Gasteiger partial charge in [-0.05, 0) is 37.3 Å². The number of hydrogen-bond donors (Lipinski definition) is 2. The van der Waals surface area contributed by atoms with Gasteiger partial charge in [-0.25, -0.2) is 0 Å². The van der Waals surface area contributed by atoms with Crippen molar-refractivity contribution in [3.8, 4) is 11.5 Å². The summed E-state index contributed by atoms with van der Waals surface area (Å²) in [5.74, 6) is 0.242. The second-order valence-electron chi connectivity index (χ2n) is 5.59. The second kappa shape index (κ2) is 10.9. The van der Waals surface area contributed by atoms with E-state index in [0.29, 0.717) is 36.9 Å². The largest absolute Gasteiger partial charge is 0.495 e. The molecule has 0 aliphatic heterocycles. The molecule has 0 spiro atoms. The first-order chi connectivity index (χ1) is 14.0. The Kier molecular flexibility index (Phi) is 8.31. The van der Waals surface area contributed by atoms with Crippen LogP contribution in [-0.2, 0) is 4.74 Å². The van der Waals surface area contributed by atoms with E-state index in [1.54, 1.807) is 24.3 Å². The van der Waals surface area contributed by atoms with Gasteiger partial charge >= 0.3 is 0 Å². The van der Waals surface area contributed by atoms with E-state index in [0.717, 1.165) is 0 Å². The van der Waals surface area contributed by atoms with Gasteiger partial charge in [0.15, 0.2) is 5.11 Å². The minimum Gasteiger partial charge on any atom is -0.495 e. The lowest BCUT2D eigenvalue weighted by atomic mass is 10.2. The van der Waals surface area contributed by atoms with Crippen LogP contribution in [0.25, 0.3) is 0 Å². The Hall–Kier alpha value is -3.24. The van der Waals surface area contributed by atoms with Crippen molar-refractivity contribution in [2.24, 2.45) is 0 Å². The highest BCUT2D eigenvalue weighted by Crippen LogP contribution is 2.28. The lowest BCUT2D eigenvalue weighted by molar-refractivity contribution is -0.384. The van der Waals surface area contributed by atoms with E-state index < -0.39 is 10.8 Å². The average Bonchev–Trinajstić information content (AvgIpc) is 2.71. The maximum absolute atomic E-state index is 12.6. The SMILES string of the molecule is CCOCCOc1ccccc1C(=O)NC(=S)Nc1cc([N+](=O)[O-])ccc1OC. The first kappa shape index (κ1) is 22.1. The van der Waals surface area contributed by atoms with Crippen LogP contribution in [0.1, 0.15) is 17.3 Å². The molecule has 154 valence electrons. The normalized spacial score (nSPS) is 10.1. The summed E-state index contributed by atoms with van der Waals surface area (Å²) in [6.45, 7) is 3.16. The smallest absolute Gasteiger partial charge is 0.271 e. The summed E-state index contributed by atoms with van der Waals surface area (Å²) in [5.41, 5.74) is 0.405. The summed E-state index contributed by atoms with van der Waals surface area (Å²) in [6, 6.07) is 10.7. The highest BCUT2D eigenvalue weighted by Gasteiger charge is 2.16. The van der Waals surface area contributed by atoms with Gasteiger partial charge in [0.1, 0.15) is 18.1 Å². The third-order valence-electron chi connectivity index (χ3n) is 3.69. The molecule has 0 aromatic heterocycles. The van der Waals surface area contributed by atoms with Crippen molar-refractivity contribution in [1.29, 1.82) is 0 Å². The molecule has 0 aliphatic carbocycles. The Morgan fingerprint density at radius 3 is 2.62 bits per heavy atom. The monoisotopic (exact) mass is 419 g/mol. The molecule has 2 aromatic rings. The van der Waals surface area contributed by atoms with Gasteiger partial charge in [-0.1, -0.05) is 12.1 Å². The number of ether oxygens (including phenoxy) is 3. The fourth-order valence-corrected chi connectivity index (χ4v) is 2.57. The number of para-hydroxylation sites is 1. The van der Waals surface area contributed by atoms with Gasteiger partial charge in [-0.15, -0.1) is 0 Å². The molecular weight excluding hydrogens is 398 g/mol. The topological polar surface area (TPSA) is 112 Å². The van der Waals surface area contributed by atoms with E-state index in [2.05, 4.69) is 10.6 Å². The summed E-state index contributed by atoms with van der Waals surface area (Å²) in [5, 5.41) is 16.2. The second-order valence-corrected chi connectivity index (χ2v) is 6.00. The number of hydrogen-bond acceptors (Lipinski definition) is 7. The molecule has 0 atom stereocenters. The summed E-state index contributed by atoms with van der Waals surface area (Å²) in [4.78, 5) is 23.0. The molecule has 1 amide bonds. The third-order valence-corrected chi connectivity index (χ3v) is 3.89. The fraction of sp³-hybridized carbons (Fsp3) is 0.263. The number of nitro benzene ring substituents is 1. The number of nitro groups is 1. The number of anilines is 1. The van der Waals surface area contributed by atoms with E-state index in [1.165, 1.54) is 25.3 Å². The van der Waals surface area contributed by atoms with Gasteiger partial charge in [0.05, 0.1) is 29.9 Å². The van der Waals surface area contributed by atoms with Crippen LogP contribution in [0.4, 0.5) is 11.4 Å². The molecule has 2 rings (SSSR count). The maximum atomic E-state index is 12.6. The number of methoxy groups -OCH3 is 1. The number of carbonyl (C=O) groups is 1. The Labute approximate surface area is 173 Å². The van der Waals surface area contributed by atoms with Gasteiger partial charge in [0.25, 0.3) is 11.6 Å². The molecule has 2 N–H and O–H groups in total. The molecule has 0 fully saturated rings. The van der Waals surface area contributed by atoms with Crippen molar-refractivity contribution in [2.45, 2.75) is 6.92 Å². The predicted octanol–water partition coefficient (Wildman–Crippen LogP) is 3.15. The average molecular weight is 419 g/mol. The predicted molar refractivity (Wildman–Crippen MR) is 112 cm³/mol. The lowest BCUT2D eigenvalue weighted by Crippen LogP contribution is -2.34. The summed E-state index contributed by atoms with van der Waals surface area (Å²) in [6.07, 6.45) is 0. The van der Waals surface area contributed by atoms with Gasteiger partial charge in [-0.2, -0.15) is 0 Å². The lowest BCUT2D eigenvalue weighted by Gasteiger charge is -2.14. The zero-order valence-electron chi connectivity index (χ0n) is 16.0. The molecule has 0 aliphatic rings. The Morgan fingerprint density at radius 1 is 1.17 bits per heavy atom. The summed E-state index contributed by atoms with van der Waals surface area (Å²) < 4.78 is 16.0. The zero-order chi connectivity index (χ0) is 21.2. The van der Waals surface area contributed by atoms with E-state index in [-0.39, 0.29) is 16.5 Å². The molecule has 29 heavy (non-hydrogen) atoms. The number of thiocarbonyl (C=S) groups is 1. The number of carbonyl (C=O) groups excluding carboxylic acids is 1. The van der Waals surface area contributed by atoms with Gasteiger partial charge in [0.2, 0.25) is 0 Å². The number of nitrogens with one attached hydrogen (secondary N) is 2. The minimum absolute atomic E-state index is 0.0436. The van der Waals surface area contributed by atoms with Crippen LogP contribution in [-0.4, -0.2) is 42.9 Å². The number of amides is 1. The zero-order valence-corrected chi connectivity index (χ0v) is 16.8. The van der Waals surface area contributed by atoms with Gasteiger partial charge in [0, 0.05) is 18.7 Å². The summed E-state index contributed by atoms with van der Waals surface area (Å²) >= 11 is 5.16. The van der Waals surface area contributed by atoms with Crippen molar-refractivity contribution in [3.05, 3.63) is 58.1 Å². The van der Waals surface area contributed by atoms with Crippen molar-refractivity contribution >= 4 is 34.6 Å². The van der Waals surface area contributed by atoms with Crippen LogP contribution < -0.4 is 20.1 Å². The maximum Gasteiger partial charge on any atom is 0.271 e.